The molecule has 0 atom stereocenters. The molecule has 21 heavy (non-hydrogen) atoms. The maximum atomic E-state index is 6.35. The van der Waals surface area contributed by atoms with Gasteiger partial charge < -0.3 is 0 Å². The van der Waals surface area contributed by atoms with E-state index in [1.165, 1.54) is 0 Å². The first-order valence-electron chi connectivity index (χ1n) is 6.35. The first-order chi connectivity index (χ1) is 10.1. The summed E-state index contributed by atoms with van der Waals surface area (Å²) in [6.45, 7) is 2.00. The molecule has 0 N–H and O–H groups in total. The molecule has 6 heteroatoms. The Labute approximate surface area is 132 Å². The van der Waals surface area contributed by atoms with Crippen LogP contribution in [0.15, 0.2) is 36.5 Å². The predicted octanol–water partition coefficient (Wildman–Crippen LogP) is 4.16. The monoisotopic (exact) mass is 318 g/mol. The highest BCUT2D eigenvalue weighted by Gasteiger charge is 2.17. The third-order valence-electron chi connectivity index (χ3n) is 3.29. The Balaban J connectivity index is 2.18. The van der Waals surface area contributed by atoms with Crippen LogP contribution >= 0.6 is 23.2 Å². The summed E-state index contributed by atoms with van der Waals surface area (Å²) in [4.78, 5) is 8.73. The Morgan fingerprint density at radius 1 is 1.00 bits per heavy atom. The van der Waals surface area contributed by atoms with E-state index in [9.17, 15) is 0 Å². The topological polar surface area (TPSA) is 43.6 Å². The molecule has 3 aromatic rings. The second kappa shape index (κ2) is 5.47. The van der Waals surface area contributed by atoms with Gasteiger partial charge in [-0.15, -0.1) is 0 Å². The smallest absolute Gasteiger partial charge is 0.180 e. The van der Waals surface area contributed by atoms with Crippen molar-refractivity contribution in [2.45, 2.75) is 6.92 Å². The van der Waals surface area contributed by atoms with Gasteiger partial charge in [-0.3, -0.25) is 4.68 Å². The molecule has 0 saturated heterocycles. The number of nitrogens with zero attached hydrogens (tertiary/aromatic N) is 4. The van der Waals surface area contributed by atoms with E-state index in [1.54, 1.807) is 10.9 Å². The molecule has 0 radical (unpaired) electrons. The van der Waals surface area contributed by atoms with Gasteiger partial charge in [-0.1, -0.05) is 47.5 Å². The zero-order chi connectivity index (χ0) is 15.0. The van der Waals surface area contributed by atoms with Crippen molar-refractivity contribution in [1.29, 1.82) is 0 Å². The van der Waals surface area contributed by atoms with Crippen molar-refractivity contribution in [3.8, 4) is 22.6 Å². The van der Waals surface area contributed by atoms with Crippen molar-refractivity contribution >= 4 is 23.2 Å². The van der Waals surface area contributed by atoms with E-state index >= 15 is 0 Å². The van der Waals surface area contributed by atoms with Crippen LogP contribution in [-0.4, -0.2) is 19.7 Å². The minimum absolute atomic E-state index is 0.334. The summed E-state index contributed by atoms with van der Waals surface area (Å²) in [6.07, 6.45) is 1.68. The summed E-state index contributed by atoms with van der Waals surface area (Å²) in [7, 11) is 1.82. The van der Waals surface area contributed by atoms with Crippen molar-refractivity contribution in [2.75, 3.05) is 0 Å². The molecule has 0 aliphatic rings. The van der Waals surface area contributed by atoms with Crippen molar-refractivity contribution in [3.63, 3.8) is 0 Å². The minimum atomic E-state index is 0.334. The van der Waals surface area contributed by atoms with Gasteiger partial charge in [0.25, 0.3) is 0 Å². The summed E-state index contributed by atoms with van der Waals surface area (Å²) >= 11 is 12.7. The van der Waals surface area contributed by atoms with Crippen molar-refractivity contribution in [1.82, 2.24) is 19.7 Å². The zero-order valence-electron chi connectivity index (χ0n) is 11.5. The summed E-state index contributed by atoms with van der Waals surface area (Å²) in [5, 5.41) is 4.77. The zero-order valence-corrected chi connectivity index (χ0v) is 13.0. The van der Waals surface area contributed by atoms with Crippen LogP contribution in [0.4, 0.5) is 0 Å². The lowest BCUT2D eigenvalue weighted by molar-refractivity contribution is 0.770. The molecule has 1 aromatic carbocycles. The van der Waals surface area contributed by atoms with E-state index in [2.05, 4.69) is 15.1 Å². The van der Waals surface area contributed by atoms with Crippen LogP contribution < -0.4 is 0 Å². The Morgan fingerprint density at radius 3 is 2.24 bits per heavy atom. The molecule has 0 spiro atoms. The van der Waals surface area contributed by atoms with Crippen LogP contribution in [0.2, 0.25) is 10.3 Å². The number of aryl methyl sites for hydroxylation is 2. The Hall–Kier alpha value is -1.91. The van der Waals surface area contributed by atoms with Crippen molar-refractivity contribution in [2.24, 2.45) is 7.05 Å². The van der Waals surface area contributed by atoms with Crippen LogP contribution in [0.1, 0.15) is 5.56 Å². The largest absolute Gasteiger partial charge is 0.265 e. The number of halogens is 2. The molecule has 0 aliphatic heterocycles. The Kier molecular flexibility index (Phi) is 3.66. The number of hydrogen-bond donors (Lipinski definition) is 0. The first-order valence-corrected chi connectivity index (χ1v) is 7.11. The highest BCUT2D eigenvalue weighted by molar-refractivity contribution is 6.37. The van der Waals surface area contributed by atoms with E-state index in [-0.39, 0.29) is 0 Å². The highest BCUT2D eigenvalue weighted by atomic mass is 35.5. The fraction of sp³-hybridized carbons (Fsp3) is 0.133. The molecule has 0 amide bonds. The maximum absolute atomic E-state index is 6.35. The van der Waals surface area contributed by atoms with Gasteiger partial charge in [0, 0.05) is 13.2 Å². The van der Waals surface area contributed by atoms with Crippen LogP contribution in [0.3, 0.4) is 0 Å². The first kappa shape index (κ1) is 14.0. The van der Waals surface area contributed by atoms with Crippen molar-refractivity contribution < 1.29 is 0 Å². The van der Waals surface area contributed by atoms with Gasteiger partial charge >= 0.3 is 0 Å². The van der Waals surface area contributed by atoms with Crippen LogP contribution in [0.5, 0.6) is 0 Å². The highest BCUT2D eigenvalue weighted by Crippen LogP contribution is 2.35. The van der Waals surface area contributed by atoms with E-state index in [4.69, 9.17) is 23.2 Å². The fourth-order valence-corrected chi connectivity index (χ4v) is 2.78. The summed E-state index contributed by atoms with van der Waals surface area (Å²) in [5.74, 6) is 0.460. The molecule has 0 saturated carbocycles. The van der Waals surface area contributed by atoms with E-state index < -0.39 is 0 Å². The van der Waals surface area contributed by atoms with Gasteiger partial charge in [-0.25, -0.2) is 9.97 Å². The second-order valence-corrected chi connectivity index (χ2v) is 5.37. The van der Waals surface area contributed by atoms with Crippen LogP contribution in [-0.2, 0) is 7.05 Å². The lowest BCUT2D eigenvalue weighted by Crippen LogP contribution is -2.00. The standard InChI is InChI=1S/C15H12Cl2N4/c1-9-5-3-4-6-10(9)12-13(16)19-15(20-14(12)17)11-7-8-18-21(11)2/h3-8H,1-2H3. The van der Waals surface area contributed by atoms with E-state index in [0.29, 0.717) is 21.7 Å². The molecular formula is C15H12Cl2N4. The molecular weight excluding hydrogens is 307 g/mol. The van der Waals surface area contributed by atoms with Crippen LogP contribution in [0, 0.1) is 6.92 Å². The normalized spacial score (nSPS) is 10.9. The molecule has 4 nitrogen and oxygen atoms in total. The van der Waals surface area contributed by atoms with Gasteiger partial charge in [0.05, 0.1) is 5.56 Å². The fourth-order valence-electron chi connectivity index (χ4n) is 2.19. The molecule has 3 rings (SSSR count). The third-order valence-corrected chi connectivity index (χ3v) is 3.83. The predicted molar refractivity (Wildman–Crippen MR) is 84.4 cm³/mol. The lowest BCUT2D eigenvalue weighted by Gasteiger charge is -2.10. The quantitative estimate of drug-likeness (QED) is 0.666. The lowest BCUT2D eigenvalue weighted by atomic mass is 10.0. The summed E-state index contributed by atoms with van der Waals surface area (Å²) in [6, 6.07) is 9.66. The van der Waals surface area contributed by atoms with Gasteiger partial charge in [-0.05, 0) is 24.1 Å². The SMILES string of the molecule is Cc1ccccc1-c1c(Cl)nc(-c2ccnn2C)nc1Cl. The number of benzene rings is 1. The molecule has 2 aromatic heterocycles. The maximum Gasteiger partial charge on any atom is 0.180 e. The Bertz CT molecular complexity index is 788. The molecule has 0 aliphatic carbocycles. The summed E-state index contributed by atoms with van der Waals surface area (Å²) in [5.41, 5.74) is 3.42. The van der Waals surface area contributed by atoms with Crippen LogP contribution in [0.25, 0.3) is 22.6 Å². The van der Waals surface area contributed by atoms with Crippen molar-refractivity contribution in [3.05, 3.63) is 52.4 Å². The Morgan fingerprint density at radius 2 is 1.67 bits per heavy atom. The number of aromatic nitrogens is 4. The van der Waals surface area contributed by atoms with Gasteiger partial charge in [-0.2, -0.15) is 5.10 Å². The molecule has 0 bridgehead atoms. The van der Waals surface area contributed by atoms with Gasteiger partial charge in [0.1, 0.15) is 16.0 Å². The van der Waals surface area contributed by atoms with Gasteiger partial charge in [0.15, 0.2) is 5.82 Å². The number of hydrogen-bond acceptors (Lipinski definition) is 3. The van der Waals surface area contributed by atoms with E-state index in [0.717, 1.165) is 16.8 Å². The molecule has 0 fully saturated rings. The van der Waals surface area contributed by atoms with E-state index in [1.807, 2.05) is 44.3 Å². The second-order valence-electron chi connectivity index (χ2n) is 4.66. The number of rotatable bonds is 2. The molecule has 0 unspecified atom stereocenters. The third kappa shape index (κ3) is 2.52. The van der Waals surface area contributed by atoms with Gasteiger partial charge in [0.2, 0.25) is 0 Å². The minimum Gasteiger partial charge on any atom is -0.265 e. The molecule has 2 heterocycles. The molecule has 106 valence electrons. The average Bonchev–Trinajstić information content (AvgIpc) is 2.86. The summed E-state index contributed by atoms with van der Waals surface area (Å²) < 4.78 is 1.68. The average molecular weight is 319 g/mol.